The van der Waals surface area contributed by atoms with Crippen LogP contribution < -0.4 is 15.1 Å². The van der Waals surface area contributed by atoms with Crippen molar-refractivity contribution in [3.8, 4) is 0 Å². The van der Waals surface area contributed by atoms with Gasteiger partial charge in [-0.1, -0.05) is 54.2 Å². The number of rotatable bonds is 8. The summed E-state index contributed by atoms with van der Waals surface area (Å²) in [6, 6.07) is 21.8. The van der Waals surface area contributed by atoms with E-state index >= 15 is 0 Å². The molecule has 1 aliphatic rings. The zero-order valence-electron chi connectivity index (χ0n) is 20.2. The number of amides is 2. The predicted octanol–water partition coefficient (Wildman–Crippen LogP) is 5.83. The SMILES string of the molecule is CCN(CCNC(=O)CN1C(=O)/C(=C/c2ccc(C(F)(F)F)cc2)Sc2ccccc21)c1ccccc1. The number of alkyl halides is 3. The fourth-order valence-corrected chi connectivity index (χ4v) is 5.04. The molecule has 0 saturated heterocycles. The summed E-state index contributed by atoms with van der Waals surface area (Å²) in [5.74, 6) is -0.675. The van der Waals surface area contributed by atoms with Crippen molar-refractivity contribution in [2.45, 2.75) is 18.0 Å². The van der Waals surface area contributed by atoms with E-state index in [1.165, 1.54) is 28.8 Å². The summed E-state index contributed by atoms with van der Waals surface area (Å²) >= 11 is 1.23. The van der Waals surface area contributed by atoms with Crippen molar-refractivity contribution in [1.82, 2.24) is 5.32 Å². The lowest BCUT2D eigenvalue weighted by molar-refractivity contribution is -0.137. The van der Waals surface area contributed by atoms with E-state index in [0.29, 0.717) is 29.2 Å². The maximum absolute atomic E-state index is 13.3. The first-order valence-electron chi connectivity index (χ1n) is 11.8. The molecule has 192 valence electrons. The molecular weight excluding hydrogens is 499 g/mol. The number of likely N-dealkylation sites (N-methyl/N-ethyl adjacent to an activating group) is 1. The van der Waals surface area contributed by atoms with Gasteiger partial charge in [-0.15, -0.1) is 0 Å². The highest BCUT2D eigenvalue weighted by molar-refractivity contribution is 8.04. The Morgan fingerprint density at radius 1 is 1.00 bits per heavy atom. The van der Waals surface area contributed by atoms with Crippen LogP contribution in [0.2, 0.25) is 0 Å². The molecule has 0 atom stereocenters. The van der Waals surface area contributed by atoms with Gasteiger partial charge in [0.1, 0.15) is 6.54 Å². The second kappa shape index (κ2) is 11.6. The average Bonchev–Trinajstić information content (AvgIpc) is 2.89. The molecule has 0 fully saturated rings. The minimum Gasteiger partial charge on any atom is -0.370 e. The lowest BCUT2D eigenvalue weighted by atomic mass is 10.1. The van der Waals surface area contributed by atoms with Gasteiger partial charge in [0.25, 0.3) is 5.91 Å². The number of anilines is 2. The van der Waals surface area contributed by atoms with E-state index in [-0.39, 0.29) is 18.4 Å². The zero-order chi connectivity index (χ0) is 26.4. The molecule has 1 N–H and O–H groups in total. The van der Waals surface area contributed by atoms with E-state index in [0.717, 1.165) is 29.3 Å². The van der Waals surface area contributed by atoms with Gasteiger partial charge in [0.15, 0.2) is 0 Å². The Labute approximate surface area is 218 Å². The number of halogens is 3. The van der Waals surface area contributed by atoms with Crippen LogP contribution in [-0.2, 0) is 15.8 Å². The molecule has 0 saturated carbocycles. The number of carbonyl (C=O) groups excluding carboxylic acids is 2. The van der Waals surface area contributed by atoms with Crippen LogP contribution in [0.1, 0.15) is 18.1 Å². The highest BCUT2D eigenvalue weighted by Crippen LogP contribution is 2.42. The highest BCUT2D eigenvalue weighted by atomic mass is 32.2. The van der Waals surface area contributed by atoms with E-state index in [1.807, 2.05) is 49.4 Å². The maximum Gasteiger partial charge on any atom is 0.416 e. The second-order valence-electron chi connectivity index (χ2n) is 8.35. The van der Waals surface area contributed by atoms with Gasteiger partial charge in [0.2, 0.25) is 5.91 Å². The first-order valence-corrected chi connectivity index (χ1v) is 12.6. The topological polar surface area (TPSA) is 52.7 Å². The second-order valence-corrected chi connectivity index (χ2v) is 9.44. The first kappa shape index (κ1) is 26.3. The lowest BCUT2D eigenvalue weighted by Crippen LogP contribution is -2.44. The minimum atomic E-state index is -4.43. The fraction of sp³-hybridized carbons (Fsp3) is 0.214. The summed E-state index contributed by atoms with van der Waals surface area (Å²) in [4.78, 5) is 30.8. The first-order chi connectivity index (χ1) is 17.8. The average molecular weight is 526 g/mol. The summed E-state index contributed by atoms with van der Waals surface area (Å²) in [7, 11) is 0. The van der Waals surface area contributed by atoms with Crippen LogP contribution in [0.4, 0.5) is 24.5 Å². The van der Waals surface area contributed by atoms with Crippen LogP contribution >= 0.6 is 11.8 Å². The van der Waals surface area contributed by atoms with Gasteiger partial charge in [0, 0.05) is 30.2 Å². The molecule has 5 nitrogen and oxygen atoms in total. The van der Waals surface area contributed by atoms with Crippen LogP contribution in [0.25, 0.3) is 6.08 Å². The largest absolute Gasteiger partial charge is 0.416 e. The van der Waals surface area contributed by atoms with Crippen molar-refractivity contribution in [2.24, 2.45) is 0 Å². The van der Waals surface area contributed by atoms with E-state index in [4.69, 9.17) is 0 Å². The number of hydrogen-bond donors (Lipinski definition) is 1. The number of benzene rings is 3. The third kappa shape index (κ3) is 6.54. The normalized spacial score (nSPS) is 14.4. The fourth-order valence-electron chi connectivity index (χ4n) is 3.98. The molecule has 0 aliphatic carbocycles. The standard InChI is InChI=1S/C28H26F3N3O2S/c1-2-33(22-8-4-3-5-9-22)17-16-32-26(35)19-34-23-10-6-7-11-24(23)37-25(27(34)36)18-20-12-14-21(15-13-20)28(29,30)31/h3-15,18H,2,16-17,19H2,1H3,(H,32,35)/b25-18-. The van der Waals surface area contributed by atoms with Crippen LogP contribution in [0.15, 0.2) is 88.7 Å². The Bertz CT molecular complexity index is 1280. The zero-order valence-corrected chi connectivity index (χ0v) is 21.0. The maximum atomic E-state index is 13.3. The number of nitrogens with one attached hydrogen (secondary N) is 1. The number of fused-ring (bicyclic) bond motifs is 1. The molecule has 0 aromatic heterocycles. The molecule has 0 unspecified atom stereocenters. The summed E-state index contributed by atoms with van der Waals surface area (Å²) < 4.78 is 38.7. The van der Waals surface area contributed by atoms with Gasteiger partial charge in [-0.05, 0) is 55.0 Å². The number of nitrogens with zero attached hydrogens (tertiary/aromatic N) is 2. The molecular formula is C28H26F3N3O2S. The van der Waals surface area contributed by atoms with Crippen LogP contribution in [0.3, 0.4) is 0 Å². The number of thioether (sulfide) groups is 1. The van der Waals surface area contributed by atoms with Crippen molar-refractivity contribution >= 4 is 41.0 Å². The molecule has 4 rings (SSSR count). The van der Waals surface area contributed by atoms with Gasteiger partial charge < -0.3 is 10.2 Å². The third-order valence-corrected chi connectivity index (χ3v) is 6.95. The quantitative estimate of drug-likeness (QED) is 0.376. The summed E-state index contributed by atoms with van der Waals surface area (Å²) in [6.07, 6.45) is -2.88. The number of hydrogen-bond acceptors (Lipinski definition) is 4. The van der Waals surface area contributed by atoms with Crippen molar-refractivity contribution in [2.75, 3.05) is 36.0 Å². The molecule has 3 aromatic carbocycles. The Morgan fingerprint density at radius 3 is 2.35 bits per heavy atom. The molecule has 0 bridgehead atoms. The third-order valence-electron chi connectivity index (χ3n) is 5.88. The molecule has 37 heavy (non-hydrogen) atoms. The highest BCUT2D eigenvalue weighted by Gasteiger charge is 2.31. The molecule has 1 aliphatic heterocycles. The van der Waals surface area contributed by atoms with Gasteiger partial charge in [-0.25, -0.2) is 0 Å². The minimum absolute atomic E-state index is 0.168. The Kier molecular flexibility index (Phi) is 8.23. The molecule has 9 heteroatoms. The molecule has 1 heterocycles. The van der Waals surface area contributed by atoms with Gasteiger partial charge in [-0.2, -0.15) is 13.2 Å². The lowest BCUT2D eigenvalue weighted by Gasteiger charge is -2.30. The predicted molar refractivity (Wildman–Crippen MR) is 141 cm³/mol. The summed E-state index contributed by atoms with van der Waals surface area (Å²) in [5.41, 5.74) is 1.40. The molecule has 0 spiro atoms. The van der Waals surface area contributed by atoms with Gasteiger partial charge in [-0.3, -0.25) is 14.5 Å². The van der Waals surface area contributed by atoms with Gasteiger partial charge in [0.05, 0.1) is 16.2 Å². The van der Waals surface area contributed by atoms with E-state index in [1.54, 1.807) is 18.2 Å². The van der Waals surface area contributed by atoms with Crippen LogP contribution in [-0.4, -0.2) is 38.0 Å². The van der Waals surface area contributed by atoms with E-state index in [2.05, 4.69) is 10.2 Å². The summed E-state index contributed by atoms with van der Waals surface area (Å²) in [6.45, 7) is 3.69. The number of para-hydroxylation sites is 2. The van der Waals surface area contributed by atoms with Crippen LogP contribution in [0.5, 0.6) is 0 Å². The Hall–Kier alpha value is -3.72. The molecule has 2 amide bonds. The van der Waals surface area contributed by atoms with Crippen molar-refractivity contribution < 1.29 is 22.8 Å². The van der Waals surface area contributed by atoms with E-state index < -0.39 is 11.7 Å². The molecule has 3 aromatic rings. The van der Waals surface area contributed by atoms with Crippen molar-refractivity contribution in [3.63, 3.8) is 0 Å². The monoisotopic (exact) mass is 525 g/mol. The van der Waals surface area contributed by atoms with Gasteiger partial charge >= 0.3 is 6.18 Å². The smallest absolute Gasteiger partial charge is 0.370 e. The van der Waals surface area contributed by atoms with E-state index in [9.17, 15) is 22.8 Å². The Balaban J connectivity index is 1.46. The Morgan fingerprint density at radius 2 is 1.68 bits per heavy atom. The van der Waals surface area contributed by atoms with Crippen molar-refractivity contribution in [1.29, 1.82) is 0 Å². The molecule has 0 radical (unpaired) electrons. The summed E-state index contributed by atoms with van der Waals surface area (Å²) in [5, 5.41) is 2.89. The van der Waals surface area contributed by atoms with Crippen molar-refractivity contribution in [3.05, 3.63) is 94.9 Å². The number of carbonyl (C=O) groups is 2. The van der Waals surface area contributed by atoms with Crippen LogP contribution in [0, 0.1) is 0 Å².